The quantitative estimate of drug-likeness (QED) is 0.865. The fraction of sp³-hybridized carbons (Fsp3) is 0.529. The molecule has 0 amide bonds. The first-order valence-corrected chi connectivity index (χ1v) is 7.86. The van der Waals surface area contributed by atoms with Gasteiger partial charge in [-0.15, -0.1) is 0 Å². The number of hydrogen-bond donors (Lipinski definition) is 1. The minimum Gasteiger partial charge on any atom is -0.545 e. The van der Waals surface area contributed by atoms with E-state index in [4.69, 9.17) is 0 Å². The van der Waals surface area contributed by atoms with E-state index in [1.165, 1.54) is 31.4 Å². The highest BCUT2D eigenvalue weighted by Crippen LogP contribution is 2.57. The molecule has 21 heavy (non-hydrogen) atoms. The van der Waals surface area contributed by atoms with Gasteiger partial charge in [0, 0.05) is 11.6 Å². The molecular formula is C17H19N2O2-. The monoisotopic (exact) mass is 283 g/mol. The topological polar surface area (TPSA) is 64.5 Å². The molecule has 1 N–H and O–H groups in total. The predicted molar refractivity (Wildman–Crippen MR) is 78.9 cm³/mol. The van der Waals surface area contributed by atoms with Crippen LogP contribution in [0.4, 0.5) is 5.69 Å². The molecule has 110 valence electrons. The molecule has 4 heteroatoms. The molecule has 0 unspecified atom stereocenters. The van der Waals surface area contributed by atoms with Crippen LogP contribution in [-0.4, -0.2) is 11.7 Å². The van der Waals surface area contributed by atoms with Gasteiger partial charge in [0.1, 0.15) is 0 Å². The first-order chi connectivity index (χ1) is 10.2. The van der Waals surface area contributed by atoms with Crippen LogP contribution in [0.1, 0.15) is 42.5 Å². The molecule has 0 aliphatic heterocycles. The van der Waals surface area contributed by atoms with E-state index in [-0.39, 0.29) is 5.56 Å². The second kappa shape index (κ2) is 4.86. The van der Waals surface area contributed by atoms with Gasteiger partial charge in [-0.25, -0.2) is 0 Å². The Morgan fingerprint density at radius 2 is 1.95 bits per heavy atom. The van der Waals surface area contributed by atoms with E-state index in [0.717, 1.165) is 29.9 Å². The van der Waals surface area contributed by atoms with E-state index in [9.17, 15) is 9.90 Å². The van der Waals surface area contributed by atoms with Crippen LogP contribution >= 0.6 is 0 Å². The molecule has 0 radical (unpaired) electrons. The van der Waals surface area contributed by atoms with Crippen LogP contribution in [-0.2, 0) is 0 Å². The van der Waals surface area contributed by atoms with Gasteiger partial charge < -0.3 is 9.90 Å². The summed E-state index contributed by atoms with van der Waals surface area (Å²) < 4.78 is 0. The van der Waals surface area contributed by atoms with Gasteiger partial charge >= 0.3 is 0 Å². The number of aromatic carboxylic acids is 1. The molecule has 0 saturated heterocycles. The fourth-order valence-electron chi connectivity index (χ4n) is 4.76. The van der Waals surface area contributed by atoms with Crippen molar-refractivity contribution in [2.75, 3.05) is 5.43 Å². The molecule has 3 fully saturated rings. The van der Waals surface area contributed by atoms with Gasteiger partial charge in [-0.3, -0.25) is 5.43 Å². The zero-order chi connectivity index (χ0) is 14.4. The number of carboxylic acid groups (broad SMARTS) is 1. The SMILES string of the molecule is O=C([O-])c1ccc(N/N=C2/C[C@@H]3C[C@H]2[C@H]2CCC[C@H]32)cc1. The van der Waals surface area contributed by atoms with Crippen LogP contribution in [0.25, 0.3) is 0 Å². The molecule has 0 aromatic heterocycles. The van der Waals surface area contributed by atoms with Crippen LogP contribution in [0.2, 0.25) is 0 Å². The molecule has 1 aromatic rings. The standard InChI is InChI=1S/C17H20N2O2/c20-17(21)10-4-6-12(7-5-10)18-19-16-9-11-8-15(16)14-3-1-2-13(11)14/h4-7,11,13-15,18H,1-3,8-9H2,(H,20,21)/p-1/b19-16-/t11-,13+,14-,15-/m0/s1. The van der Waals surface area contributed by atoms with Gasteiger partial charge in [-0.2, -0.15) is 5.10 Å². The average molecular weight is 283 g/mol. The summed E-state index contributed by atoms with van der Waals surface area (Å²) in [6, 6.07) is 6.57. The second-order valence-corrected chi connectivity index (χ2v) is 6.64. The third-order valence-electron chi connectivity index (χ3n) is 5.65. The molecule has 2 bridgehead atoms. The molecule has 4 atom stereocenters. The van der Waals surface area contributed by atoms with Gasteiger partial charge in [0.05, 0.1) is 11.7 Å². The van der Waals surface area contributed by atoms with Crippen molar-refractivity contribution in [3.8, 4) is 0 Å². The van der Waals surface area contributed by atoms with Gasteiger partial charge in [0.15, 0.2) is 0 Å². The largest absolute Gasteiger partial charge is 0.545 e. The Morgan fingerprint density at radius 3 is 2.71 bits per heavy atom. The zero-order valence-electron chi connectivity index (χ0n) is 11.9. The number of rotatable bonds is 3. The highest BCUT2D eigenvalue weighted by atomic mass is 16.4. The summed E-state index contributed by atoms with van der Waals surface area (Å²) >= 11 is 0. The van der Waals surface area contributed by atoms with Crippen molar-refractivity contribution in [1.29, 1.82) is 0 Å². The number of carboxylic acids is 1. The lowest BCUT2D eigenvalue weighted by Gasteiger charge is -2.25. The summed E-state index contributed by atoms with van der Waals surface area (Å²) in [6.45, 7) is 0. The third kappa shape index (κ3) is 2.13. The number of fused-ring (bicyclic) bond motifs is 5. The fourth-order valence-corrected chi connectivity index (χ4v) is 4.76. The maximum Gasteiger partial charge on any atom is 0.0715 e. The van der Waals surface area contributed by atoms with Crippen LogP contribution in [0.5, 0.6) is 0 Å². The number of carbonyl (C=O) groups is 1. The second-order valence-electron chi connectivity index (χ2n) is 6.64. The summed E-state index contributed by atoms with van der Waals surface area (Å²) in [5, 5.41) is 15.3. The summed E-state index contributed by atoms with van der Waals surface area (Å²) in [4.78, 5) is 10.7. The Balaban J connectivity index is 1.46. The highest BCUT2D eigenvalue weighted by Gasteiger charge is 2.52. The first-order valence-electron chi connectivity index (χ1n) is 7.86. The smallest absolute Gasteiger partial charge is 0.0715 e. The Hall–Kier alpha value is -1.84. The van der Waals surface area contributed by atoms with Crippen molar-refractivity contribution in [2.45, 2.75) is 32.1 Å². The molecular weight excluding hydrogens is 264 g/mol. The summed E-state index contributed by atoms with van der Waals surface area (Å²) in [5.41, 5.74) is 5.45. The minimum atomic E-state index is -1.15. The van der Waals surface area contributed by atoms with Gasteiger partial charge in [0.25, 0.3) is 0 Å². The lowest BCUT2D eigenvalue weighted by Crippen LogP contribution is -2.25. The molecule has 3 saturated carbocycles. The van der Waals surface area contributed by atoms with E-state index in [1.54, 1.807) is 24.3 Å². The van der Waals surface area contributed by atoms with Crippen LogP contribution in [0.15, 0.2) is 29.4 Å². The van der Waals surface area contributed by atoms with Gasteiger partial charge in [-0.1, -0.05) is 18.6 Å². The van der Waals surface area contributed by atoms with E-state index in [1.807, 2.05) is 0 Å². The highest BCUT2D eigenvalue weighted by molar-refractivity contribution is 5.91. The zero-order valence-corrected chi connectivity index (χ0v) is 11.9. The number of hydrogen-bond acceptors (Lipinski definition) is 4. The maximum absolute atomic E-state index is 10.7. The normalized spacial score (nSPS) is 35.1. The summed E-state index contributed by atoms with van der Waals surface area (Å²) in [6.07, 6.45) is 6.69. The van der Waals surface area contributed by atoms with E-state index in [0.29, 0.717) is 5.92 Å². The van der Waals surface area contributed by atoms with Crippen molar-refractivity contribution >= 4 is 17.4 Å². The Kier molecular flexibility index (Phi) is 2.98. The van der Waals surface area contributed by atoms with E-state index >= 15 is 0 Å². The molecule has 3 aliphatic rings. The number of hydrazone groups is 1. The lowest BCUT2D eigenvalue weighted by molar-refractivity contribution is -0.255. The minimum absolute atomic E-state index is 0.196. The Morgan fingerprint density at radius 1 is 1.19 bits per heavy atom. The number of anilines is 1. The number of nitrogens with zero attached hydrogens (tertiary/aromatic N) is 1. The summed E-state index contributed by atoms with van der Waals surface area (Å²) in [7, 11) is 0. The van der Waals surface area contributed by atoms with E-state index < -0.39 is 5.97 Å². The Labute approximate surface area is 124 Å². The molecule has 0 spiro atoms. The van der Waals surface area contributed by atoms with Crippen molar-refractivity contribution in [2.24, 2.45) is 28.8 Å². The molecule has 3 aliphatic carbocycles. The molecule has 4 nitrogen and oxygen atoms in total. The van der Waals surface area contributed by atoms with Crippen LogP contribution < -0.4 is 10.5 Å². The van der Waals surface area contributed by atoms with Crippen molar-refractivity contribution in [3.05, 3.63) is 29.8 Å². The molecule has 1 aromatic carbocycles. The van der Waals surface area contributed by atoms with Crippen LogP contribution in [0.3, 0.4) is 0 Å². The van der Waals surface area contributed by atoms with E-state index in [2.05, 4.69) is 10.5 Å². The van der Waals surface area contributed by atoms with Gasteiger partial charge in [0.2, 0.25) is 0 Å². The number of nitrogens with one attached hydrogen (secondary N) is 1. The van der Waals surface area contributed by atoms with Crippen molar-refractivity contribution in [1.82, 2.24) is 0 Å². The Bertz CT molecular complexity index is 593. The lowest BCUT2D eigenvalue weighted by atomic mass is 9.81. The number of benzene rings is 1. The maximum atomic E-state index is 10.7. The van der Waals surface area contributed by atoms with Crippen molar-refractivity contribution < 1.29 is 9.90 Å². The predicted octanol–water partition coefficient (Wildman–Crippen LogP) is 2.27. The van der Waals surface area contributed by atoms with Crippen LogP contribution in [0, 0.1) is 23.7 Å². The third-order valence-corrected chi connectivity index (χ3v) is 5.65. The van der Waals surface area contributed by atoms with Gasteiger partial charge in [-0.05, 0) is 61.1 Å². The molecule has 0 heterocycles. The average Bonchev–Trinajstić information content (AvgIpc) is 3.17. The molecule has 4 rings (SSSR count). The first kappa shape index (κ1) is 12.9. The summed E-state index contributed by atoms with van der Waals surface area (Å²) in [5.74, 6) is 2.26. The number of carbonyl (C=O) groups excluding carboxylic acids is 1. The van der Waals surface area contributed by atoms with Crippen molar-refractivity contribution in [3.63, 3.8) is 0 Å².